The molecule has 1 aliphatic carbocycles. The van der Waals surface area contributed by atoms with Gasteiger partial charge in [-0.1, -0.05) is 12.1 Å². The lowest BCUT2D eigenvalue weighted by Crippen LogP contribution is -2.34. The molecule has 0 amide bonds. The van der Waals surface area contributed by atoms with E-state index in [4.69, 9.17) is 0 Å². The molecule has 21 heavy (non-hydrogen) atoms. The number of phenols is 1. The number of hydrogen-bond acceptors (Lipinski definition) is 3. The van der Waals surface area contributed by atoms with Crippen LogP contribution in [0.25, 0.3) is 0 Å². The number of aromatic nitrogens is 2. The molecule has 0 bridgehead atoms. The van der Waals surface area contributed by atoms with E-state index in [0.29, 0.717) is 18.2 Å². The van der Waals surface area contributed by atoms with Gasteiger partial charge in [-0.3, -0.25) is 4.68 Å². The number of benzene rings is 1. The largest absolute Gasteiger partial charge is 0.505 e. The van der Waals surface area contributed by atoms with Crippen LogP contribution in [0, 0.1) is 5.82 Å². The molecular weight excluding hydrogens is 269 g/mol. The lowest BCUT2D eigenvalue weighted by atomic mass is 9.93. The third-order valence-electron chi connectivity index (χ3n) is 4.17. The molecular formula is C16H20FN3O. The van der Waals surface area contributed by atoms with E-state index in [2.05, 4.69) is 22.0 Å². The summed E-state index contributed by atoms with van der Waals surface area (Å²) in [5.41, 5.74) is 3.13. The molecule has 4 nitrogen and oxygen atoms in total. The molecule has 1 aliphatic rings. The van der Waals surface area contributed by atoms with E-state index in [9.17, 15) is 9.50 Å². The second-order valence-corrected chi connectivity index (χ2v) is 5.50. The van der Waals surface area contributed by atoms with Gasteiger partial charge >= 0.3 is 0 Å². The van der Waals surface area contributed by atoms with Crippen molar-refractivity contribution in [1.29, 1.82) is 0 Å². The minimum absolute atomic E-state index is 0.288. The van der Waals surface area contributed by atoms with Crippen molar-refractivity contribution in [3.63, 3.8) is 0 Å². The number of aryl methyl sites for hydroxylation is 1. The Morgan fingerprint density at radius 2 is 2.33 bits per heavy atom. The van der Waals surface area contributed by atoms with Gasteiger partial charge in [-0.25, -0.2) is 4.39 Å². The summed E-state index contributed by atoms with van der Waals surface area (Å²) in [4.78, 5) is 0. The van der Waals surface area contributed by atoms with Crippen LogP contribution in [0.1, 0.15) is 30.2 Å². The molecule has 112 valence electrons. The van der Waals surface area contributed by atoms with E-state index in [0.717, 1.165) is 25.8 Å². The van der Waals surface area contributed by atoms with Crippen LogP contribution in [0.4, 0.5) is 4.39 Å². The summed E-state index contributed by atoms with van der Waals surface area (Å²) in [5.74, 6) is -0.815. The quantitative estimate of drug-likeness (QED) is 0.908. The van der Waals surface area contributed by atoms with Gasteiger partial charge in [0.1, 0.15) is 0 Å². The molecule has 1 aromatic carbocycles. The first-order valence-corrected chi connectivity index (χ1v) is 7.42. The summed E-state index contributed by atoms with van der Waals surface area (Å²) in [6.07, 6.45) is 4.90. The highest BCUT2D eigenvalue weighted by molar-refractivity contribution is 5.30. The minimum Gasteiger partial charge on any atom is -0.505 e. The summed E-state index contributed by atoms with van der Waals surface area (Å²) < 4.78 is 15.8. The molecule has 1 atom stereocenters. The third kappa shape index (κ3) is 2.78. The van der Waals surface area contributed by atoms with Gasteiger partial charge in [-0.2, -0.15) is 5.10 Å². The fourth-order valence-corrected chi connectivity index (χ4v) is 2.99. The van der Waals surface area contributed by atoms with Gasteiger partial charge in [0.05, 0.1) is 6.20 Å². The first-order valence-electron chi connectivity index (χ1n) is 7.42. The number of nitrogens with zero attached hydrogens (tertiary/aromatic N) is 2. The maximum absolute atomic E-state index is 13.7. The van der Waals surface area contributed by atoms with Crippen LogP contribution in [0.2, 0.25) is 0 Å². The third-order valence-corrected chi connectivity index (χ3v) is 4.17. The predicted molar refractivity (Wildman–Crippen MR) is 78.6 cm³/mol. The standard InChI is InChI=1S/C16H20FN3O/c1-2-20-14-7-6-13(8-12(14)10-19-20)18-9-11-4-3-5-15(21)16(11)17/h3-5,10,13,18,21H,2,6-9H2,1H3. The SMILES string of the molecule is CCn1ncc2c1CCC(NCc1cccc(O)c1F)C2. The summed E-state index contributed by atoms with van der Waals surface area (Å²) in [5, 5.41) is 17.2. The maximum Gasteiger partial charge on any atom is 0.169 e. The molecule has 0 fully saturated rings. The maximum atomic E-state index is 13.7. The van der Waals surface area contributed by atoms with Crippen LogP contribution < -0.4 is 5.32 Å². The first kappa shape index (κ1) is 14.1. The average Bonchev–Trinajstić information content (AvgIpc) is 2.91. The zero-order valence-electron chi connectivity index (χ0n) is 12.1. The molecule has 0 saturated heterocycles. The molecule has 2 N–H and O–H groups in total. The number of fused-ring (bicyclic) bond motifs is 1. The molecule has 3 rings (SSSR count). The lowest BCUT2D eigenvalue weighted by Gasteiger charge is -2.24. The van der Waals surface area contributed by atoms with Gasteiger partial charge in [0.25, 0.3) is 0 Å². The number of hydrogen-bond donors (Lipinski definition) is 2. The Balaban J connectivity index is 1.64. The smallest absolute Gasteiger partial charge is 0.169 e. The van der Waals surface area contributed by atoms with Gasteiger partial charge in [0.15, 0.2) is 11.6 Å². The highest BCUT2D eigenvalue weighted by Gasteiger charge is 2.22. The fourth-order valence-electron chi connectivity index (χ4n) is 2.99. The zero-order valence-corrected chi connectivity index (χ0v) is 12.1. The van der Waals surface area contributed by atoms with E-state index >= 15 is 0 Å². The van der Waals surface area contributed by atoms with Crippen LogP contribution in [0.15, 0.2) is 24.4 Å². The second kappa shape index (κ2) is 5.85. The number of halogens is 1. The fraction of sp³-hybridized carbons (Fsp3) is 0.438. The van der Waals surface area contributed by atoms with Crippen molar-refractivity contribution in [2.45, 2.75) is 45.3 Å². The summed E-state index contributed by atoms with van der Waals surface area (Å²) in [6, 6.07) is 5.06. The van der Waals surface area contributed by atoms with Crippen LogP contribution in [-0.2, 0) is 25.9 Å². The van der Waals surface area contributed by atoms with Gasteiger partial charge in [-0.15, -0.1) is 0 Å². The molecule has 1 heterocycles. The Kier molecular flexibility index (Phi) is 3.92. The highest BCUT2D eigenvalue weighted by Crippen LogP contribution is 2.23. The summed E-state index contributed by atoms with van der Waals surface area (Å²) >= 11 is 0. The minimum atomic E-state index is -0.527. The van der Waals surface area contributed by atoms with Crippen molar-refractivity contribution in [2.24, 2.45) is 0 Å². The van der Waals surface area contributed by atoms with Crippen LogP contribution >= 0.6 is 0 Å². The molecule has 5 heteroatoms. The normalized spacial score (nSPS) is 17.7. The molecule has 0 saturated carbocycles. The topological polar surface area (TPSA) is 50.1 Å². The number of nitrogens with one attached hydrogen (secondary N) is 1. The molecule has 0 spiro atoms. The monoisotopic (exact) mass is 289 g/mol. The Morgan fingerprint density at radius 1 is 1.48 bits per heavy atom. The van der Waals surface area contributed by atoms with Crippen LogP contribution in [-0.4, -0.2) is 20.9 Å². The van der Waals surface area contributed by atoms with Crippen molar-refractivity contribution in [3.8, 4) is 5.75 Å². The molecule has 1 unspecified atom stereocenters. The van der Waals surface area contributed by atoms with Crippen molar-refractivity contribution in [3.05, 3.63) is 47.0 Å². The zero-order chi connectivity index (χ0) is 14.8. The van der Waals surface area contributed by atoms with E-state index in [1.807, 2.05) is 6.20 Å². The van der Waals surface area contributed by atoms with Crippen molar-refractivity contribution < 1.29 is 9.50 Å². The molecule has 0 radical (unpaired) electrons. The van der Waals surface area contributed by atoms with Crippen LogP contribution in [0.5, 0.6) is 5.75 Å². The van der Waals surface area contributed by atoms with Crippen molar-refractivity contribution in [1.82, 2.24) is 15.1 Å². The van der Waals surface area contributed by atoms with E-state index < -0.39 is 5.82 Å². The van der Waals surface area contributed by atoms with Crippen molar-refractivity contribution in [2.75, 3.05) is 0 Å². The number of phenolic OH excluding ortho intramolecular Hbond substituents is 1. The Bertz CT molecular complexity index is 638. The van der Waals surface area contributed by atoms with Crippen molar-refractivity contribution >= 4 is 0 Å². The Morgan fingerprint density at radius 3 is 3.14 bits per heavy atom. The molecule has 2 aromatic rings. The van der Waals surface area contributed by atoms with Gasteiger partial charge < -0.3 is 10.4 Å². The van der Waals surface area contributed by atoms with E-state index in [1.165, 1.54) is 17.3 Å². The number of rotatable bonds is 4. The van der Waals surface area contributed by atoms with Crippen LogP contribution in [0.3, 0.4) is 0 Å². The summed E-state index contributed by atoms with van der Waals surface area (Å²) in [6.45, 7) is 3.44. The number of aromatic hydroxyl groups is 1. The van der Waals surface area contributed by atoms with Gasteiger partial charge in [0, 0.05) is 30.4 Å². The molecule has 0 aliphatic heterocycles. The van der Waals surface area contributed by atoms with Gasteiger partial charge in [-0.05, 0) is 37.8 Å². The Labute approximate surface area is 123 Å². The predicted octanol–water partition coefficient (Wildman–Crippen LogP) is 2.39. The summed E-state index contributed by atoms with van der Waals surface area (Å²) in [7, 11) is 0. The first-order chi connectivity index (χ1) is 10.2. The average molecular weight is 289 g/mol. The lowest BCUT2D eigenvalue weighted by molar-refractivity contribution is 0.415. The highest BCUT2D eigenvalue weighted by atomic mass is 19.1. The second-order valence-electron chi connectivity index (χ2n) is 5.50. The Hall–Kier alpha value is -1.88. The van der Waals surface area contributed by atoms with Gasteiger partial charge in [0.2, 0.25) is 0 Å². The van der Waals surface area contributed by atoms with E-state index in [1.54, 1.807) is 12.1 Å². The molecule has 1 aromatic heterocycles. The van der Waals surface area contributed by atoms with E-state index in [-0.39, 0.29) is 5.75 Å².